The fourth-order valence-corrected chi connectivity index (χ4v) is 3.93. The molecule has 0 saturated heterocycles. The standard InChI is InChI=1S/C25H27N3O2/c1-28-15-14-20-16-21(12-13-22(20)28)23(29)17-26-25(30)27-24(18-8-4-2-5-9-18)19-10-6-3-7-11-19/h2-13,16,23-24,29H,14-15,17H2,1H3,(H2,26,27,30)/t23-/m0/s1. The molecule has 154 valence electrons. The zero-order valence-corrected chi connectivity index (χ0v) is 17.1. The predicted octanol–water partition coefficient (Wildman–Crippen LogP) is 3.80. The second-order valence-electron chi connectivity index (χ2n) is 7.68. The Labute approximate surface area is 177 Å². The summed E-state index contributed by atoms with van der Waals surface area (Å²) in [7, 11) is 2.07. The van der Waals surface area contributed by atoms with Crippen molar-refractivity contribution >= 4 is 11.7 Å². The van der Waals surface area contributed by atoms with Crippen LogP contribution in [0.3, 0.4) is 0 Å². The Bertz CT molecular complexity index is 952. The summed E-state index contributed by atoms with van der Waals surface area (Å²) >= 11 is 0. The molecular weight excluding hydrogens is 374 g/mol. The number of likely N-dealkylation sites (N-methyl/N-ethyl adjacent to an activating group) is 1. The van der Waals surface area contributed by atoms with Crippen LogP contribution in [0.25, 0.3) is 0 Å². The summed E-state index contributed by atoms with van der Waals surface area (Å²) in [5.41, 5.74) is 5.29. The van der Waals surface area contributed by atoms with E-state index in [9.17, 15) is 9.90 Å². The number of nitrogens with zero attached hydrogens (tertiary/aromatic N) is 1. The number of carbonyl (C=O) groups is 1. The predicted molar refractivity (Wildman–Crippen MR) is 120 cm³/mol. The van der Waals surface area contributed by atoms with Crippen LogP contribution in [0.15, 0.2) is 78.9 Å². The van der Waals surface area contributed by atoms with Crippen molar-refractivity contribution in [3.05, 3.63) is 101 Å². The molecule has 30 heavy (non-hydrogen) atoms. The summed E-state index contributed by atoms with van der Waals surface area (Å²) < 4.78 is 0. The van der Waals surface area contributed by atoms with E-state index in [1.807, 2.05) is 78.9 Å². The van der Waals surface area contributed by atoms with E-state index in [1.165, 1.54) is 11.3 Å². The molecule has 1 heterocycles. The highest BCUT2D eigenvalue weighted by atomic mass is 16.3. The molecule has 1 aliphatic rings. The smallest absolute Gasteiger partial charge is 0.315 e. The van der Waals surface area contributed by atoms with Crippen molar-refractivity contribution in [3.8, 4) is 0 Å². The Balaban J connectivity index is 1.40. The molecule has 0 radical (unpaired) electrons. The second kappa shape index (κ2) is 9.01. The van der Waals surface area contributed by atoms with Crippen LogP contribution in [-0.4, -0.2) is 31.3 Å². The summed E-state index contributed by atoms with van der Waals surface area (Å²) in [5.74, 6) is 0. The molecule has 3 N–H and O–H groups in total. The minimum Gasteiger partial charge on any atom is -0.387 e. The Kier molecular flexibility index (Phi) is 6.00. The average Bonchev–Trinajstić information content (AvgIpc) is 3.17. The van der Waals surface area contributed by atoms with Gasteiger partial charge in [0, 0.05) is 25.8 Å². The van der Waals surface area contributed by atoms with Crippen molar-refractivity contribution < 1.29 is 9.90 Å². The molecular formula is C25H27N3O2. The summed E-state index contributed by atoms with van der Waals surface area (Å²) in [6, 6.07) is 25.2. The van der Waals surface area contributed by atoms with Crippen molar-refractivity contribution in [2.75, 3.05) is 25.0 Å². The number of amides is 2. The summed E-state index contributed by atoms with van der Waals surface area (Å²) in [4.78, 5) is 14.8. The second-order valence-corrected chi connectivity index (χ2v) is 7.68. The lowest BCUT2D eigenvalue weighted by Crippen LogP contribution is -2.40. The Morgan fingerprint density at radius 3 is 2.23 bits per heavy atom. The topological polar surface area (TPSA) is 64.6 Å². The van der Waals surface area contributed by atoms with E-state index in [1.54, 1.807) is 0 Å². The Morgan fingerprint density at radius 1 is 0.967 bits per heavy atom. The largest absolute Gasteiger partial charge is 0.387 e. The van der Waals surface area contributed by atoms with Gasteiger partial charge in [-0.25, -0.2) is 4.79 Å². The molecule has 5 heteroatoms. The first kappa shape index (κ1) is 20.0. The van der Waals surface area contributed by atoms with E-state index in [-0.39, 0.29) is 18.6 Å². The zero-order valence-electron chi connectivity index (χ0n) is 17.1. The molecule has 1 aliphatic heterocycles. The fourth-order valence-electron chi connectivity index (χ4n) is 3.93. The van der Waals surface area contributed by atoms with Crippen molar-refractivity contribution in [3.63, 3.8) is 0 Å². The van der Waals surface area contributed by atoms with Crippen molar-refractivity contribution in [1.82, 2.24) is 10.6 Å². The lowest BCUT2D eigenvalue weighted by Gasteiger charge is -2.21. The van der Waals surface area contributed by atoms with Gasteiger partial charge in [0.1, 0.15) is 0 Å². The number of hydrogen-bond acceptors (Lipinski definition) is 3. The van der Waals surface area contributed by atoms with Gasteiger partial charge in [-0.3, -0.25) is 0 Å². The number of anilines is 1. The van der Waals surface area contributed by atoms with Gasteiger partial charge in [-0.05, 0) is 34.7 Å². The fraction of sp³-hybridized carbons (Fsp3) is 0.240. The van der Waals surface area contributed by atoms with E-state index in [2.05, 4.69) is 22.6 Å². The number of urea groups is 1. The third-order valence-electron chi connectivity index (χ3n) is 5.61. The number of carbonyl (C=O) groups excluding carboxylic acids is 1. The van der Waals surface area contributed by atoms with Gasteiger partial charge in [-0.1, -0.05) is 72.8 Å². The molecule has 3 aromatic rings. The van der Waals surface area contributed by atoms with Crippen LogP contribution in [0.5, 0.6) is 0 Å². The third kappa shape index (κ3) is 4.47. The number of rotatable bonds is 6. The number of fused-ring (bicyclic) bond motifs is 1. The van der Waals surface area contributed by atoms with Crippen LogP contribution >= 0.6 is 0 Å². The summed E-state index contributed by atoms with van der Waals surface area (Å²) in [6.45, 7) is 1.15. The van der Waals surface area contributed by atoms with Gasteiger partial charge in [-0.15, -0.1) is 0 Å². The Morgan fingerprint density at radius 2 is 1.60 bits per heavy atom. The van der Waals surface area contributed by atoms with Crippen LogP contribution in [0.2, 0.25) is 0 Å². The summed E-state index contributed by atoms with van der Waals surface area (Å²) in [6.07, 6.45) is 0.231. The molecule has 3 aromatic carbocycles. The van der Waals surface area contributed by atoms with Crippen LogP contribution in [-0.2, 0) is 6.42 Å². The maximum absolute atomic E-state index is 12.6. The van der Waals surface area contributed by atoms with Crippen molar-refractivity contribution in [1.29, 1.82) is 0 Å². The van der Waals surface area contributed by atoms with Gasteiger partial charge in [0.05, 0.1) is 12.1 Å². The minimum atomic E-state index is -0.751. The van der Waals surface area contributed by atoms with Crippen molar-refractivity contribution in [2.45, 2.75) is 18.6 Å². The van der Waals surface area contributed by atoms with Gasteiger partial charge in [0.25, 0.3) is 0 Å². The molecule has 0 aromatic heterocycles. The van der Waals surface area contributed by atoms with Gasteiger partial charge >= 0.3 is 6.03 Å². The van der Waals surface area contributed by atoms with E-state index in [0.29, 0.717) is 0 Å². The lowest BCUT2D eigenvalue weighted by molar-refractivity contribution is 0.172. The number of aliphatic hydroxyl groups excluding tert-OH is 1. The molecule has 0 fully saturated rings. The molecule has 0 unspecified atom stereocenters. The van der Waals surface area contributed by atoms with Crippen LogP contribution in [0.4, 0.5) is 10.5 Å². The Hall–Kier alpha value is -3.31. The van der Waals surface area contributed by atoms with Crippen molar-refractivity contribution in [2.24, 2.45) is 0 Å². The molecule has 5 nitrogen and oxygen atoms in total. The van der Waals surface area contributed by atoms with E-state index >= 15 is 0 Å². The SMILES string of the molecule is CN1CCc2cc([C@@H](O)CNC(=O)NC(c3ccccc3)c3ccccc3)ccc21. The number of hydrogen-bond donors (Lipinski definition) is 3. The molecule has 0 bridgehead atoms. The van der Waals surface area contributed by atoms with E-state index in [0.717, 1.165) is 29.7 Å². The molecule has 1 atom stereocenters. The van der Waals surface area contributed by atoms with Gasteiger partial charge in [-0.2, -0.15) is 0 Å². The first-order chi connectivity index (χ1) is 14.6. The molecule has 4 rings (SSSR count). The third-order valence-corrected chi connectivity index (χ3v) is 5.61. The van der Waals surface area contributed by atoms with E-state index < -0.39 is 6.10 Å². The van der Waals surface area contributed by atoms with Crippen LogP contribution in [0, 0.1) is 0 Å². The van der Waals surface area contributed by atoms with E-state index in [4.69, 9.17) is 0 Å². The molecule has 0 aliphatic carbocycles. The highest BCUT2D eigenvalue weighted by Crippen LogP contribution is 2.29. The monoisotopic (exact) mass is 401 g/mol. The van der Waals surface area contributed by atoms with Crippen LogP contribution in [0.1, 0.15) is 34.4 Å². The zero-order chi connectivity index (χ0) is 20.9. The van der Waals surface area contributed by atoms with Gasteiger partial charge in [0.15, 0.2) is 0 Å². The first-order valence-corrected chi connectivity index (χ1v) is 10.3. The van der Waals surface area contributed by atoms with Gasteiger partial charge in [0.2, 0.25) is 0 Å². The highest BCUT2D eigenvalue weighted by Gasteiger charge is 2.20. The average molecular weight is 402 g/mol. The number of nitrogens with one attached hydrogen (secondary N) is 2. The maximum Gasteiger partial charge on any atom is 0.315 e. The highest BCUT2D eigenvalue weighted by molar-refractivity contribution is 5.75. The van der Waals surface area contributed by atoms with Gasteiger partial charge < -0.3 is 20.6 Å². The molecule has 0 saturated carbocycles. The first-order valence-electron chi connectivity index (χ1n) is 10.3. The quantitative estimate of drug-likeness (QED) is 0.589. The maximum atomic E-state index is 12.6. The summed E-state index contributed by atoms with van der Waals surface area (Å²) in [5, 5.41) is 16.4. The normalized spacial score (nSPS) is 13.8. The number of aliphatic hydroxyl groups is 1. The lowest BCUT2D eigenvalue weighted by atomic mass is 9.99. The molecule has 0 spiro atoms. The van der Waals surface area contributed by atoms with Crippen LogP contribution < -0.4 is 15.5 Å². The minimum absolute atomic E-state index is 0.150. The molecule has 2 amide bonds. The number of benzene rings is 3.